The van der Waals surface area contributed by atoms with Gasteiger partial charge < -0.3 is 19.8 Å². The highest BCUT2D eigenvalue weighted by Gasteiger charge is 2.23. The Bertz CT molecular complexity index is 466. The van der Waals surface area contributed by atoms with Crippen molar-refractivity contribution in [3.8, 4) is 5.75 Å². The van der Waals surface area contributed by atoms with Gasteiger partial charge in [0.25, 0.3) is 0 Å². The lowest BCUT2D eigenvalue weighted by molar-refractivity contribution is 0.00845. The van der Waals surface area contributed by atoms with Crippen LogP contribution in [0.5, 0.6) is 5.75 Å². The summed E-state index contributed by atoms with van der Waals surface area (Å²) >= 11 is 0. The molecule has 2 N–H and O–H groups in total. The molecule has 0 saturated carbocycles. The van der Waals surface area contributed by atoms with Crippen molar-refractivity contribution in [1.82, 2.24) is 9.80 Å². The predicted molar refractivity (Wildman–Crippen MR) is 82.8 cm³/mol. The topological polar surface area (TPSA) is 73.2 Å². The number of hydrogen-bond donors (Lipinski definition) is 2. The lowest BCUT2D eigenvalue weighted by Gasteiger charge is -2.24. The third-order valence-corrected chi connectivity index (χ3v) is 3.80. The first-order chi connectivity index (χ1) is 10.6. The maximum absolute atomic E-state index is 12.2. The summed E-state index contributed by atoms with van der Waals surface area (Å²) in [7, 11) is 0. The number of benzene rings is 1. The van der Waals surface area contributed by atoms with Gasteiger partial charge in [-0.05, 0) is 25.5 Å². The van der Waals surface area contributed by atoms with Crippen LogP contribution in [0, 0.1) is 0 Å². The molecule has 0 bridgehead atoms. The van der Waals surface area contributed by atoms with E-state index in [4.69, 9.17) is 4.74 Å². The van der Waals surface area contributed by atoms with Gasteiger partial charge in [-0.3, -0.25) is 4.90 Å². The first kappa shape index (κ1) is 16.7. The van der Waals surface area contributed by atoms with Crippen LogP contribution in [0.4, 0.5) is 4.79 Å². The molecule has 0 radical (unpaired) electrons. The van der Waals surface area contributed by atoms with Crippen LogP contribution in [-0.4, -0.2) is 71.0 Å². The number of rotatable bonds is 4. The van der Waals surface area contributed by atoms with Crippen LogP contribution >= 0.6 is 0 Å². The van der Waals surface area contributed by atoms with E-state index in [9.17, 15) is 15.0 Å². The number of hydrogen-bond acceptors (Lipinski definition) is 5. The van der Waals surface area contributed by atoms with Gasteiger partial charge in [0.1, 0.15) is 5.75 Å². The fourth-order valence-electron chi connectivity index (χ4n) is 2.41. The van der Waals surface area contributed by atoms with Gasteiger partial charge in [0.2, 0.25) is 0 Å². The molecule has 2 rings (SSSR count). The van der Waals surface area contributed by atoms with E-state index >= 15 is 0 Å². The standard InChI is InChI=1S/C16H24N2O4/c1-13(19)15(20)12-17-8-5-9-18(11-10-17)16(21)22-14-6-3-2-4-7-14/h2-4,6-7,13,15,19-20H,5,8-12H2,1H3/t13-,15-/m0/s1. The van der Waals surface area contributed by atoms with Crippen LogP contribution in [0.1, 0.15) is 13.3 Å². The Morgan fingerprint density at radius 1 is 1.18 bits per heavy atom. The summed E-state index contributed by atoms with van der Waals surface area (Å²) in [5, 5.41) is 19.1. The largest absolute Gasteiger partial charge is 0.415 e. The van der Waals surface area contributed by atoms with Gasteiger partial charge in [0.05, 0.1) is 12.2 Å². The highest BCUT2D eigenvalue weighted by atomic mass is 16.6. The molecule has 6 nitrogen and oxygen atoms in total. The second-order valence-corrected chi connectivity index (χ2v) is 5.63. The van der Waals surface area contributed by atoms with E-state index in [1.807, 2.05) is 18.2 Å². The van der Waals surface area contributed by atoms with Crippen LogP contribution in [-0.2, 0) is 0 Å². The van der Waals surface area contributed by atoms with E-state index < -0.39 is 12.2 Å². The number of nitrogens with zero attached hydrogens (tertiary/aromatic N) is 2. The zero-order valence-electron chi connectivity index (χ0n) is 12.9. The third kappa shape index (κ3) is 4.98. The Balaban J connectivity index is 1.83. The molecule has 2 atom stereocenters. The second kappa shape index (κ2) is 8.12. The predicted octanol–water partition coefficient (Wildman–Crippen LogP) is 0.935. The molecule has 0 unspecified atom stereocenters. The van der Waals surface area contributed by atoms with E-state index in [-0.39, 0.29) is 6.09 Å². The number of β-amino-alcohol motifs (C(OH)–C–C–N with tert-alkyl or cyclic N) is 1. The minimum atomic E-state index is -0.761. The first-order valence-corrected chi connectivity index (χ1v) is 7.66. The number of amides is 1. The number of aliphatic hydroxyl groups is 2. The maximum Gasteiger partial charge on any atom is 0.415 e. The van der Waals surface area contributed by atoms with Gasteiger partial charge in [-0.15, -0.1) is 0 Å². The van der Waals surface area contributed by atoms with Gasteiger partial charge in [0, 0.05) is 32.7 Å². The zero-order valence-corrected chi connectivity index (χ0v) is 12.9. The lowest BCUT2D eigenvalue weighted by atomic mass is 10.2. The Morgan fingerprint density at radius 3 is 2.59 bits per heavy atom. The molecule has 1 saturated heterocycles. The van der Waals surface area contributed by atoms with Crippen molar-refractivity contribution in [3.05, 3.63) is 30.3 Å². The van der Waals surface area contributed by atoms with Crippen molar-refractivity contribution in [2.24, 2.45) is 0 Å². The molecule has 1 aliphatic heterocycles. The normalized spacial score (nSPS) is 19.3. The minimum Gasteiger partial charge on any atom is -0.410 e. The van der Waals surface area contributed by atoms with Crippen molar-refractivity contribution < 1.29 is 19.7 Å². The van der Waals surface area contributed by atoms with Gasteiger partial charge in [-0.25, -0.2) is 4.79 Å². The molecule has 22 heavy (non-hydrogen) atoms. The van der Waals surface area contributed by atoms with Crippen molar-refractivity contribution in [3.63, 3.8) is 0 Å². The Labute approximate surface area is 130 Å². The molecule has 1 amide bonds. The highest BCUT2D eigenvalue weighted by molar-refractivity contribution is 5.70. The minimum absolute atomic E-state index is 0.343. The highest BCUT2D eigenvalue weighted by Crippen LogP contribution is 2.12. The molecule has 122 valence electrons. The van der Waals surface area contributed by atoms with Crippen LogP contribution in [0.3, 0.4) is 0 Å². The zero-order chi connectivity index (χ0) is 15.9. The smallest absolute Gasteiger partial charge is 0.410 e. The van der Waals surface area contributed by atoms with Crippen molar-refractivity contribution in [1.29, 1.82) is 0 Å². The Morgan fingerprint density at radius 2 is 1.91 bits per heavy atom. The number of aliphatic hydroxyl groups excluding tert-OH is 2. The molecule has 1 aliphatic rings. The summed E-state index contributed by atoms with van der Waals surface area (Å²) in [5.41, 5.74) is 0. The van der Waals surface area contributed by atoms with Gasteiger partial charge >= 0.3 is 6.09 Å². The van der Waals surface area contributed by atoms with E-state index in [1.165, 1.54) is 0 Å². The number of carbonyl (C=O) groups is 1. The van der Waals surface area contributed by atoms with Crippen LogP contribution in [0.15, 0.2) is 30.3 Å². The summed E-state index contributed by atoms with van der Waals surface area (Å²) in [5.74, 6) is 0.540. The quantitative estimate of drug-likeness (QED) is 0.866. The Hall–Kier alpha value is -1.63. The number of carbonyl (C=O) groups excluding carboxylic acids is 1. The molecular weight excluding hydrogens is 284 g/mol. The van der Waals surface area contributed by atoms with E-state index in [0.29, 0.717) is 31.9 Å². The first-order valence-electron chi connectivity index (χ1n) is 7.66. The van der Waals surface area contributed by atoms with Gasteiger partial charge in [-0.2, -0.15) is 0 Å². The maximum atomic E-state index is 12.2. The summed E-state index contributed by atoms with van der Waals surface area (Å²) < 4.78 is 5.34. The Kier molecular flexibility index (Phi) is 6.18. The molecule has 1 aromatic carbocycles. The molecular formula is C16H24N2O4. The molecule has 1 fully saturated rings. The lowest BCUT2D eigenvalue weighted by Crippen LogP contribution is -2.41. The van der Waals surface area contributed by atoms with Crippen molar-refractivity contribution in [2.75, 3.05) is 32.7 Å². The fourth-order valence-corrected chi connectivity index (χ4v) is 2.41. The number of ether oxygens (including phenoxy) is 1. The molecule has 1 aromatic rings. The van der Waals surface area contributed by atoms with Crippen LogP contribution in [0.2, 0.25) is 0 Å². The van der Waals surface area contributed by atoms with Crippen LogP contribution < -0.4 is 4.74 Å². The fraction of sp³-hybridized carbons (Fsp3) is 0.562. The van der Waals surface area contributed by atoms with E-state index in [1.54, 1.807) is 24.0 Å². The monoisotopic (exact) mass is 308 g/mol. The SMILES string of the molecule is C[C@H](O)[C@@H](O)CN1CCCN(C(=O)Oc2ccccc2)CC1. The summed E-state index contributed by atoms with van der Waals surface area (Å²) in [6.07, 6.45) is -1.04. The van der Waals surface area contributed by atoms with Crippen molar-refractivity contribution >= 4 is 6.09 Å². The molecule has 0 aromatic heterocycles. The second-order valence-electron chi connectivity index (χ2n) is 5.63. The summed E-state index contributed by atoms with van der Waals surface area (Å²) in [4.78, 5) is 15.9. The van der Waals surface area contributed by atoms with Crippen LogP contribution in [0.25, 0.3) is 0 Å². The molecule has 0 aliphatic carbocycles. The van der Waals surface area contributed by atoms with Gasteiger partial charge in [0.15, 0.2) is 0 Å². The van der Waals surface area contributed by atoms with Gasteiger partial charge in [-0.1, -0.05) is 18.2 Å². The van der Waals surface area contributed by atoms with Crippen molar-refractivity contribution in [2.45, 2.75) is 25.6 Å². The average molecular weight is 308 g/mol. The molecule has 1 heterocycles. The number of para-hydroxylation sites is 1. The summed E-state index contributed by atoms with van der Waals surface area (Å²) in [6, 6.07) is 9.02. The summed E-state index contributed by atoms with van der Waals surface area (Å²) in [6.45, 7) is 4.63. The molecule has 6 heteroatoms. The molecule has 0 spiro atoms. The van der Waals surface area contributed by atoms with E-state index in [0.717, 1.165) is 13.0 Å². The van der Waals surface area contributed by atoms with E-state index in [2.05, 4.69) is 4.90 Å². The third-order valence-electron chi connectivity index (χ3n) is 3.80. The average Bonchev–Trinajstić information content (AvgIpc) is 2.74.